The highest BCUT2D eigenvalue weighted by atomic mass is 16.2. The van der Waals surface area contributed by atoms with Gasteiger partial charge in [0, 0.05) is 12.1 Å². The molecular formula is C28H38N2O2. The van der Waals surface area contributed by atoms with Crippen LogP contribution in [0.4, 0.5) is 5.69 Å². The average Bonchev–Trinajstić information content (AvgIpc) is 2.89. The number of carbonyl (C=O) groups excluding carboxylic acids is 2. The molecule has 3 rings (SSSR count). The largest absolute Gasteiger partial charge is 0.352 e. The quantitative estimate of drug-likeness (QED) is 0.439. The molecule has 3 aromatic rings. The Morgan fingerprint density at radius 1 is 0.625 bits per heavy atom. The van der Waals surface area contributed by atoms with Crippen LogP contribution in [0, 0.1) is 0 Å². The molecule has 0 heterocycles. The molecule has 0 saturated carbocycles. The molecule has 0 unspecified atom stereocenters. The third-order valence-electron chi connectivity index (χ3n) is 4.00. The monoisotopic (exact) mass is 434 g/mol. The third kappa shape index (κ3) is 10.1. The van der Waals surface area contributed by atoms with Gasteiger partial charge in [0.15, 0.2) is 0 Å². The summed E-state index contributed by atoms with van der Waals surface area (Å²) in [6.45, 7) is 12.5. The predicted molar refractivity (Wildman–Crippen MR) is 137 cm³/mol. The van der Waals surface area contributed by atoms with Crippen LogP contribution in [0.2, 0.25) is 0 Å². The Morgan fingerprint density at radius 3 is 1.72 bits per heavy atom. The van der Waals surface area contributed by atoms with Crippen molar-refractivity contribution < 1.29 is 9.59 Å². The molecule has 0 saturated heterocycles. The summed E-state index contributed by atoms with van der Waals surface area (Å²) in [5.41, 5.74) is 2.66. The van der Waals surface area contributed by atoms with Crippen molar-refractivity contribution in [1.82, 2.24) is 5.32 Å². The van der Waals surface area contributed by atoms with Crippen molar-refractivity contribution in [2.75, 3.05) is 11.9 Å². The highest BCUT2D eigenvalue weighted by Gasteiger charge is 2.13. The fourth-order valence-corrected chi connectivity index (χ4v) is 2.63. The lowest BCUT2D eigenvalue weighted by atomic mass is 10.1. The molecule has 0 aliphatic heterocycles. The van der Waals surface area contributed by atoms with E-state index in [-0.39, 0.29) is 11.8 Å². The summed E-state index contributed by atoms with van der Waals surface area (Å²) in [5.74, 6) is -0.444. The van der Waals surface area contributed by atoms with Gasteiger partial charge >= 0.3 is 0 Å². The van der Waals surface area contributed by atoms with E-state index in [1.54, 1.807) is 48.5 Å². The van der Waals surface area contributed by atoms with Crippen molar-refractivity contribution in [3.63, 3.8) is 0 Å². The van der Waals surface area contributed by atoms with Crippen LogP contribution in [0.15, 0.2) is 84.9 Å². The van der Waals surface area contributed by atoms with E-state index in [4.69, 9.17) is 0 Å². The van der Waals surface area contributed by atoms with Crippen LogP contribution in [0.25, 0.3) is 0 Å². The van der Waals surface area contributed by atoms with Crippen LogP contribution in [-0.2, 0) is 6.42 Å². The summed E-state index contributed by atoms with van der Waals surface area (Å²) in [7, 11) is 0. The number of amides is 2. The van der Waals surface area contributed by atoms with Crippen molar-refractivity contribution in [1.29, 1.82) is 0 Å². The van der Waals surface area contributed by atoms with Gasteiger partial charge in [-0.1, -0.05) is 102 Å². The van der Waals surface area contributed by atoms with Gasteiger partial charge in [0.25, 0.3) is 11.8 Å². The molecule has 4 heteroatoms. The predicted octanol–water partition coefficient (Wildman–Crippen LogP) is 6.99. The topological polar surface area (TPSA) is 58.2 Å². The molecule has 4 nitrogen and oxygen atoms in total. The van der Waals surface area contributed by atoms with E-state index >= 15 is 0 Å². The van der Waals surface area contributed by atoms with Gasteiger partial charge in [-0.25, -0.2) is 0 Å². The molecule has 2 N–H and O–H groups in total. The number of hydrogen-bond acceptors (Lipinski definition) is 2. The highest BCUT2D eigenvalue weighted by Crippen LogP contribution is 2.16. The van der Waals surface area contributed by atoms with Gasteiger partial charge < -0.3 is 10.6 Å². The first-order valence-corrected chi connectivity index (χ1v) is 11.5. The zero-order valence-electron chi connectivity index (χ0n) is 20.3. The van der Waals surface area contributed by atoms with Gasteiger partial charge in [-0.15, -0.1) is 0 Å². The number of para-hydroxylation sites is 1. The van der Waals surface area contributed by atoms with E-state index in [1.807, 2.05) is 77.9 Å². The minimum absolute atomic E-state index is 0.204. The van der Waals surface area contributed by atoms with Gasteiger partial charge in [-0.2, -0.15) is 0 Å². The molecule has 32 heavy (non-hydrogen) atoms. The molecular weight excluding hydrogens is 396 g/mol. The lowest BCUT2D eigenvalue weighted by Crippen LogP contribution is -2.27. The summed E-state index contributed by atoms with van der Waals surface area (Å²) in [5, 5.41) is 5.73. The Labute approximate surface area is 194 Å². The molecule has 172 valence electrons. The average molecular weight is 435 g/mol. The Balaban J connectivity index is 0.00000148. The molecule has 0 fully saturated rings. The summed E-state index contributed by atoms with van der Waals surface area (Å²) in [6, 6.07) is 25.9. The number of nitrogens with one attached hydrogen (secondary N) is 2. The maximum absolute atomic E-state index is 12.5. The molecule has 0 atom stereocenters. The summed E-state index contributed by atoms with van der Waals surface area (Å²) in [6.07, 6.45) is 0.755. The van der Waals surface area contributed by atoms with Crippen molar-refractivity contribution >= 4 is 17.5 Å². The first-order chi connectivity index (χ1) is 15.7. The van der Waals surface area contributed by atoms with Crippen LogP contribution in [0.5, 0.6) is 0 Å². The number of hydrogen-bond donors (Lipinski definition) is 2. The SMILES string of the molecule is CC.CC.CC.O=C(Nc1ccccc1C(=O)NCCc1ccccc1)c1ccccc1. The second-order valence-corrected chi connectivity index (χ2v) is 5.86. The second kappa shape index (κ2) is 18.4. The van der Waals surface area contributed by atoms with Crippen molar-refractivity contribution in [2.24, 2.45) is 0 Å². The Morgan fingerprint density at radius 2 is 1.12 bits per heavy atom. The van der Waals surface area contributed by atoms with E-state index in [0.717, 1.165) is 6.42 Å². The normalized spacial score (nSPS) is 8.81. The van der Waals surface area contributed by atoms with E-state index in [1.165, 1.54) is 5.56 Å². The third-order valence-corrected chi connectivity index (χ3v) is 4.00. The molecule has 0 spiro atoms. The fourth-order valence-electron chi connectivity index (χ4n) is 2.63. The Kier molecular flexibility index (Phi) is 16.4. The highest BCUT2D eigenvalue weighted by molar-refractivity contribution is 6.08. The maximum Gasteiger partial charge on any atom is 0.255 e. The number of carbonyl (C=O) groups is 2. The van der Waals surface area contributed by atoms with Crippen molar-refractivity contribution in [2.45, 2.75) is 48.0 Å². The molecule has 3 aromatic carbocycles. The smallest absolute Gasteiger partial charge is 0.255 e. The number of rotatable bonds is 6. The van der Waals surface area contributed by atoms with E-state index in [0.29, 0.717) is 23.4 Å². The van der Waals surface area contributed by atoms with E-state index in [2.05, 4.69) is 10.6 Å². The summed E-state index contributed by atoms with van der Waals surface area (Å²) >= 11 is 0. The summed E-state index contributed by atoms with van der Waals surface area (Å²) < 4.78 is 0. The number of benzene rings is 3. The van der Waals surface area contributed by atoms with Crippen LogP contribution in [-0.4, -0.2) is 18.4 Å². The van der Waals surface area contributed by atoms with Crippen LogP contribution in [0.1, 0.15) is 67.8 Å². The van der Waals surface area contributed by atoms with Gasteiger partial charge in [0.1, 0.15) is 0 Å². The van der Waals surface area contributed by atoms with Crippen LogP contribution >= 0.6 is 0 Å². The standard InChI is InChI=1S/C22H20N2O2.3C2H6/c25-21(18-11-5-2-6-12-18)24-20-14-8-7-13-19(20)22(26)23-16-15-17-9-3-1-4-10-17;3*1-2/h1-14H,15-16H2,(H,23,26)(H,24,25);3*1-2H3. The maximum atomic E-state index is 12.5. The molecule has 0 aromatic heterocycles. The summed E-state index contributed by atoms with van der Waals surface area (Å²) in [4.78, 5) is 24.9. The molecule has 0 aliphatic carbocycles. The first-order valence-electron chi connectivity index (χ1n) is 11.5. The number of anilines is 1. The lowest BCUT2D eigenvalue weighted by molar-refractivity contribution is 0.0955. The molecule has 0 bridgehead atoms. The van der Waals surface area contributed by atoms with Crippen LogP contribution < -0.4 is 10.6 Å². The lowest BCUT2D eigenvalue weighted by Gasteiger charge is -2.11. The molecule has 0 radical (unpaired) electrons. The minimum Gasteiger partial charge on any atom is -0.352 e. The van der Waals surface area contributed by atoms with E-state index in [9.17, 15) is 9.59 Å². The Hall–Kier alpha value is -3.40. The first kappa shape index (κ1) is 28.6. The second-order valence-electron chi connectivity index (χ2n) is 5.86. The van der Waals surface area contributed by atoms with Gasteiger partial charge in [0.05, 0.1) is 11.3 Å². The zero-order valence-corrected chi connectivity index (χ0v) is 20.3. The van der Waals surface area contributed by atoms with Crippen molar-refractivity contribution in [3.05, 3.63) is 102 Å². The van der Waals surface area contributed by atoms with Crippen molar-refractivity contribution in [3.8, 4) is 0 Å². The fraction of sp³-hybridized carbons (Fsp3) is 0.286. The minimum atomic E-state index is -0.241. The van der Waals surface area contributed by atoms with Gasteiger partial charge in [0.2, 0.25) is 0 Å². The molecule has 2 amide bonds. The van der Waals surface area contributed by atoms with Crippen LogP contribution in [0.3, 0.4) is 0 Å². The Bertz CT molecular complexity index is 878. The molecule has 0 aliphatic rings. The van der Waals surface area contributed by atoms with E-state index < -0.39 is 0 Å². The van der Waals surface area contributed by atoms with Gasteiger partial charge in [-0.3, -0.25) is 9.59 Å². The van der Waals surface area contributed by atoms with Gasteiger partial charge in [-0.05, 0) is 36.2 Å². The zero-order chi connectivity index (χ0) is 24.2.